The van der Waals surface area contributed by atoms with Crippen LogP contribution in [-0.2, 0) is 28.8 Å². The molecule has 1 saturated heterocycles. The molecule has 172 valence electrons. The van der Waals surface area contributed by atoms with E-state index in [4.69, 9.17) is 14.4 Å². The number of aliphatic hydroxyl groups excluding tert-OH is 3. The third-order valence-corrected chi connectivity index (χ3v) is 5.56. The number of aliphatic hydroxyl groups is 3. The monoisotopic (exact) mass is 432 g/mol. The zero-order valence-electron chi connectivity index (χ0n) is 17.7. The first-order chi connectivity index (χ1) is 14.2. The van der Waals surface area contributed by atoms with Gasteiger partial charge in [-0.05, 0) is 12.8 Å². The molecule has 0 amide bonds. The molecule has 0 radical (unpaired) electrons. The standard InChI is InChI=1S/C19H32N2O9/c1-4-13(22)28-19(12-10-8-7-9-11-12)16(25)20(29-14(23)5-2)18(27)21(17(19)26)30-15(24)6-3/h12,16-18,25-27H,4-11H2,1-3H3. The molecular weight excluding hydrogens is 400 g/mol. The summed E-state index contributed by atoms with van der Waals surface area (Å²) in [6.45, 7) is 4.58. The van der Waals surface area contributed by atoms with Gasteiger partial charge < -0.3 is 29.7 Å². The average molecular weight is 432 g/mol. The summed E-state index contributed by atoms with van der Waals surface area (Å²) in [5.41, 5.74) is -2.02. The van der Waals surface area contributed by atoms with Crippen LogP contribution in [0.5, 0.6) is 0 Å². The van der Waals surface area contributed by atoms with Crippen molar-refractivity contribution in [2.75, 3.05) is 0 Å². The fourth-order valence-electron chi connectivity index (χ4n) is 3.89. The van der Waals surface area contributed by atoms with Crippen LogP contribution in [0.3, 0.4) is 0 Å². The van der Waals surface area contributed by atoms with Gasteiger partial charge in [0.1, 0.15) is 0 Å². The van der Waals surface area contributed by atoms with Crippen LogP contribution in [0.1, 0.15) is 72.1 Å². The highest BCUT2D eigenvalue weighted by Crippen LogP contribution is 2.45. The second-order valence-electron chi connectivity index (χ2n) is 7.46. The van der Waals surface area contributed by atoms with Crippen molar-refractivity contribution in [1.82, 2.24) is 10.1 Å². The normalized spacial score (nSPS) is 31.2. The van der Waals surface area contributed by atoms with E-state index in [-0.39, 0.29) is 19.3 Å². The van der Waals surface area contributed by atoms with Crippen LogP contribution in [-0.4, -0.2) is 67.8 Å². The molecule has 0 aromatic rings. The Morgan fingerprint density at radius 2 is 1.23 bits per heavy atom. The van der Waals surface area contributed by atoms with Crippen molar-refractivity contribution in [1.29, 1.82) is 0 Å². The number of nitrogens with zero attached hydrogens (tertiary/aromatic N) is 2. The van der Waals surface area contributed by atoms with E-state index in [1.54, 1.807) is 6.92 Å². The molecule has 0 aromatic carbocycles. The molecule has 3 N–H and O–H groups in total. The lowest BCUT2D eigenvalue weighted by Crippen LogP contribution is -2.78. The maximum atomic E-state index is 12.3. The van der Waals surface area contributed by atoms with Crippen LogP contribution in [0, 0.1) is 5.92 Å². The molecule has 2 aliphatic rings. The zero-order chi connectivity index (χ0) is 22.5. The van der Waals surface area contributed by atoms with Crippen molar-refractivity contribution in [3.05, 3.63) is 0 Å². The Morgan fingerprint density at radius 3 is 1.63 bits per heavy atom. The lowest BCUT2D eigenvalue weighted by atomic mass is 9.73. The van der Waals surface area contributed by atoms with Crippen LogP contribution in [0.15, 0.2) is 0 Å². The number of hydroxylamine groups is 4. The minimum absolute atomic E-state index is 0.0417. The SMILES string of the molecule is CCC(=O)ON1C(O)N(OC(=O)CC)C(O)C(OC(=O)CC)(C2CCCCC2)C1O. The molecule has 2 rings (SSSR count). The highest BCUT2D eigenvalue weighted by molar-refractivity contribution is 5.70. The fourth-order valence-corrected chi connectivity index (χ4v) is 3.89. The molecule has 0 bridgehead atoms. The van der Waals surface area contributed by atoms with E-state index in [9.17, 15) is 29.7 Å². The van der Waals surface area contributed by atoms with Gasteiger partial charge in [-0.1, -0.05) is 50.2 Å². The minimum Gasteiger partial charge on any atom is -0.450 e. The minimum atomic E-state index is -2.02. The Hall–Kier alpha value is -1.79. The molecule has 2 unspecified atom stereocenters. The quantitative estimate of drug-likeness (QED) is 0.484. The van der Waals surface area contributed by atoms with Crippen molar-refractivity contribution in [2.24, 2.45) is 5.92 Å². The van der Waals surface area contributed by atoms with E-state index in [1.165, 1.54) is 13.8 Å². The lowest BCUT2D eigenvalue weighted by molar-refractivity contribution is -0.466. The van der Waals surface area contributed by atoms with E-state index in [0.717, 1.165) is 19.3 Å². The van der Waals surface area contributed by atoms with Gasteiger partial charge in [-0.3, -0.25) is 14.4 Å². The van der Waals surface area contributed by atoms with Crippen LogP contribution in [0.4, 0.5) is 0 Å². The number of ether oxygens (including phenoxy) is 1. The van der Waals surface area contributed by atoms with Crippen molar-refractivity contribution in [2.45, 2.75) is 96.5 Å². The zero-order valence-corrected chi connectivity index (χ0v) is 17.7. The molecule has 0 spiro atoms. The summed E-state index contributed by atoms with van der Waals surface area (Å²) >= 11 is 0. The number of carbonyl (C=O) groups is 3. The van der Waals surface area contributed by atoms with E-state index < -0.39 is 48.2 Å². The maximum Gasteiger partial charge on any atom is 0.325 e. The fraction of sp³-hybridized carbons (Fsp3) is 0.842. The van der Waals surface area contributed by atoms with E-state index >= 15 is 0 Å². The number of rotatable bonds is 7. The Bertz CT molecular complexity index is 591. The Balaban J connectivity index is 2.56. The number of hydrogen-bond donors (Lipinski definition) is 3. The Labute approximate surface area is 175 Å². The summed E-state index contributed by atoms with van der Waals surface area (Å²) in [6, 6.07) is 0. The highest BCUT2D eigenvalue weighted by Gasteiger charge is 2.66. The first kappa shape index (κ1) is 24.5. The van der Waals surface area contributed by atoms with Gasteiger partial charge in [-0.25, -0.2) is 0 Å². The Morgan fingerprint density at radius 1 is 0.800 bits per heavy atom. The number of hydrogen-bond acceptors (Lipinski definition) is 11. The van der Waals surface area contributed by atoms with E-state index in [1.807, 2.05) is 0 Å². The lowest BCUT2D eigenvalue weighted by Gasteiger charge is -2.55. The molecule has 1 aliphatic heterocycles. The van der Waals surface area contributed by atoms with E-state index in [0.29, 0.717) is 23.0 Å². The summed E-state index contributed by atoms with van der Waals surface area (Å²) in [4.78, 5) is 46.3. The van der Waals surface area contributed by atoms with Gasteiger partial charge in [0.05, 0.1) is 0 Å². The van der Waals surface area contributed by atoms with Crippen LogP contribution in [0.25, 0.3) is 0 Å². The topological polar surface area (TPSA) is 146 Å². The highest BCUT2D eigenvalue weighted by atomic mass is 16.8. The summed E-state index contributed by atoms with van der Waals surface area (Å²) in [6.07, 6.45) is -2.51. The smallest absolute Gasteiger partial charge is 0.325 e. The molecule has 11 nitrogen and oxygen atoms in total. The first-order valence-corrected chi connectivity index (χ1v) is 10.5. The van der Waals surface area contributed by atoms with Crippen molar-refractivity contribution in [3.63, 3.8) is 0 Å². The third-order valence-electron chi connectivity index (χ3n) is 5.56. The van der Waals surface area contributed by atoms with Crippen molar-refractivity contribution >= 4 is 17.9 Å². The van der Waals surface area contributed by atoms with Gasteiger partial charge in [0.25, 0.3) is 0 Å². The van der Waals surface area contributed by atoms with Gasteiger partial charge >= 0.3 is 17.9 Å². The average Bonchev–Trinajstić information content (AvgIpc) is 2.77. The van der Waals surface area contributed by atoms with Gasteiger partial charge in [-0.15, -0.1) is 0 Å². The predicted octanol–water partition coefficient (Wildman–Crippen LogP) is 0.525. The van der Waals surface area contributed by atoms with Gasteiger partial charge in [0.2, 0.25) is 6.35 Å². The van der Waals surface area contributed by atoms with Crippen molar-refractivity contribution < 1.29 is 44.1 Å². The van der Waals surface area contributed by atoms with Crippen molar-refractivity contribution in [3.8, 4) is 0 Å². The van der Waals surface area contributed by atoms with Crippen LogP contribution < -0.4 is 0 Å². The van der Waals surface area contributed by atoms with Gasteiger partial charge in [-0.2, -0.15) is 0 Å². The summed E-state index contributed by atoms with van der Waals surface area (Å²) in [7, 11) is 0. The van der Waals surface area contributed by atoms with Crippen LogP contribution >= 0.6 is 0 Å². The second-order valence-corrected chi connectivity index (χ2v) is 7.46. The molecule has 1 aliphatic carbocycles. The Kier molecular flexibility index (Phi) is 8.56. The summed E-state index contributed by atoms with van der Waals surface area (Å²) < 4.78 is 5.62. The number of carbonyl (C=O) groups excluding carboxylic acids is 3. The molecule has 2 atom stereocenters. The maximum absolute atomic E-state index is 12.3. The first-order valence-electron chi connectivity index (χ1n) is 10.5. The molecule has 0 aromatic heterocycles. The van der Waals surface area contributed by atoms with Gasteiger partial charge in [0.15, 0.2) is 18.1 Å². The summed E-state index contributed by atoms with van der Waals surface area (Å²) in [5, 5.41) is 33.9. The number of esters is 1. The molecule has 11 heteroatoms. The molecule has 30 heavy (non-hydrogen) atoms. The van der Waals surface area contributed by atoms with E-state index in [2.05, 4.69) is 0 Å². The molecule has 2 fully saturated rings. The predicted molar refractivity (Wildman–Crippen MR) is 100 cm³/mol. The molecule has 1 saturated carbocycles. The molecular formula is C19H32N2O9. The van der Waals surface area contributed by atoms with Gasteiger partial charge in [0, 0.05) is 25.2 Å². The largest absolute Gasteiger partial charge is 0.450 e. The second kappa shape index (κ2) is 10.5. The summed E-state index contributed by atoms with van der Waals surface area (Å²) in [5.74, 6) is -2.82. The third kappa shape index (κ3) is 4.75. The van der Waals surface area contributed by atoms with Crippen LogP contribution in [0.2, 0.25) is 0 Å². The molecule has 1 heterocycles.